The van der Waals surface area contributed by atoms with Gasteiger partial charge in [0.1, 0.15) is 5.75 Å². The summed E-state index contributed by atoms with van der Waals surface area (Å²) < 4.78 is 6.73. The molecule has 142 valence electrons. The molecular weight excluding hydrogens is 384 g/mol. The average Bonchev–Trinajstić information content (AvgIpc) is 3.29. The highest BCUT2D eigenvalue weighted by Crippen LogP contribution is 2.26. The maximum absolute atomic E-state index is 12.2. The van der Waals surface area contributed by atoms with Gasteiger partial charge in [-0.1, -0.05) is 32.5 Å². The van der Waals surface area contributed by atoms with Gasteiger partial charge in [-0.25, -0.2) is 4.98 Å². The number of carbonyl (C=O) groups excluding carboxylic acids is 1. The van der Waals surface area contributed by atoms with Crippen molar-refractivity contribution >= 4 is 34.1 Å². The molecule has 0 aliphatic heterocycles. The van der Waals surface area contributed by atoms with Crippen LogP contribution < -0.4 is 10.1 Å². The van der Waals surface area contributed by atoms with E-state index in [2.05, 4.69) is 46.6 Å². The number of anilines is 1. The van der Waals surface area contributed by atoms with Gasteiger partial charge in [0, 0.05) is 10.8 Å². The molecule has 0 unspecified atom stereocenters. The molecule has 0 radical (unpaired) electrons. The summed E-state index contributed by atoms with van der Waals surface area (Å²) in [7, 11) is 1.61. The molecule has 0 bridgehead atoms. The molecule has 1 amide bonds. The standard InChI is InChI=1S/C17H20N6O2S2/c1-17(2,3)13-9-26-15(18-13)19-14(24)10-27-16-20-21-22-23(16)11-5-7-12(25-4)8-6-11/h5-9H,10H2,1-4H3,(H,18,19,24). The molecule has 3 rings (SSSR count). The Hall–Kier alpha value is -2.46. The van der Waals surface area contributed by atoms with E-state index in [0.29, 0.717) is 10.3 Å². The zero-order valence-electron chi connectivity index (χ0n) is 15.5. The number of thiazole rings is 1. The number of nitrogens with zero attached hydrogens (tertiary/aromatic N) is 5. The maximum Gasteiger partial charge on any atom is 0.236 e. The fourth-order valence-electron chi connectivity index (χ4n) is 2.12. The molecule has 27 heavy (non-hydrogen) atoms. The maximum atomic E-state index is 12.2. The molecule has 2 aromatic heterocycles. The number of thioether (sulfide) groups is 1. The van der Waals surface area contributed by atoms with Crippen molar-refractivity contribution in [3.8, 4) is 11.4 Å². The van der Waals surface area contributed by atoms with Crippen LogP contribution in [0.25, 0.3) is 5.69 Å². The lowest BCUT2D eigenvalue weighted by atomic mass is 9.93. The normalized spacial score (nSPS) is 11.4. The molecular formula is C17H20N6O2S2. The first-order valence-corrected chi connectivity index (χ1v) is 10.0. The Morgan fingerprint density at radius 3 is 2.67 bits per heavy atom. The SMILES string of the molecule is COc1ccc(-n2nnnc2SCC(=O)Nc2nc(C(C)(C)C)cs2)cc1. The minimum absolute atomic E-state index is 0.0469. The van der Waals surface area contributed by atoms with Gasteiger partial charge in [-0.2, -0.15) is 4.68 Å². The summed E-state index contributed by atoms with van der Waals surface area (Å²) in [6, 6.07) is 7.35. The van der Waals surface area contributed by atoms with Crippen LogP contribution in [0.2, 0.25) is 0 Å². The van der Waals surface area contributed by atoms with E-state index in [1.165, 1.54) is 23.1 Å². The largest absolute Gasteiger partial charge is 0.497 e. The van der Waals surface area contributed by atoms with E-state index < -0.39 is 0 Å². The van der Waals surface area contributed by atoms with Gasteiger partial charge in [0.05, 0.1) is 24.2 Å². The van der Waals surface area contributed by atoms with Crippen molar-refractivity contribution in [3.05, 3.63) is 35.3 Å². The van der Waals surface area contributed by atoms with E-state index in [9.17, 15) is 4.79 Å². The Kier molecular flexibility index (Phi) is 5.76. The molecule has 0 fully saturated rings. The average molecular weight is 405 g/mol. The van der Waals surface area contributed by atoms with Gasteiger partial charge in [-0.15, -0.1) is 16.4 Å². The highest BCUT2D eigenvalue weighted by molar-refractivity contribution is 7.99. The molecule has 2 heterocycles. The van der Waals surface area contributed by atoms with Crippen LogP contribution >= 0.6 is 23.1 Å². The number of nitrogens with one attached hydrogen (secondary N) is 1. The second kappa shape index (κ2) is 8.05. The van der Waals surface area contributed by atoms with Gasteiger partial charge in [0.25, 0.3) is 0 Å². The molecule has 10 heteroatoms. The van der Waals surface area contributed by atoms with Gasteiger partial charge in [-0.05, 0) is 34.7 Å². The van der Waals surface area contributed by atoms with Crippen LogP contribution in [0, 0.1) is 0 Å². The number of amides is 1. The van der Waals surface area contributed by atoms with Gasteiger partial charge in [-0.3, -0.25) is 4.79 Å². The number of tetrazole rings is 1. The number of carbonyl (C=O) groups is 1. The summed E-state index contributed by atoms with van der Waals surface area (Å²) in [5, 5.41) is 17.6. The molecule has 8 nitrogen and oxygen atoms in total. The third-order valence-corrected chi connectivity index (χ3v) is 5.29. The molecule has 0 aliphatic carbocycles. The van der Waals surface area contributed by atoms with E-state index in [-0.39, 0.29) is 17.1 Å². The number of hydrogen-bond acceptors (Lipinski definition) is 8. The van der Waals surface area contributed by atoms with E-state index in [0.717, 1.165) is 17.1 Å². The van der Waals surface area contributed by atoms with Crippen LogP contribution in [0.5, 0.6) is 5.75 Å². The van der Waals surface area contributed by atoms with Crippen LogP contribution in [0.15, 0.2) is 34.8 Å². The first kappa shape index (κ1) is 19.3. The zero-order valence-corrected chi connectivity index (χ0v) is 17.1. The van der Waals surface area contributed by atoms with E-state index in [4.69, 9.17) is 4.74 Å². The third-order valence-electron chi connectivity index (χ3n) is 3.61. The number of aromatic nitrogens is 5. The van der Waals surface area contributed by atoms with Crippen LogP contribution in [-0.2, 0) is 10.2 Å². The molecule has 1 N–H and O–H groups in total. The van der Waals surface area contributed by atoms with Crippen molar-refractivity contribution < 1.29 is 9.53 Å². The Labute approximate surface area is 165 Å². The second-order valence-corrected chi connectivity index (χ2v) is 8.50. The van der Waals surface area contributed by atoms with Crippen LogP contribution in [0.1, 0.15) is 26.5 Å². The highest BCUT2D eigenvalue weighted by atomic mass is 32.2. The summed E-state index contributed by atoms with van der Waals surface area (Å²) >= 11 is 2.68. The lowest BCUT2D eigenvalue weighted by Crippen LogP contribution is -2.16. The fraction of sp³-hybridized carbons (Fsp3) is 0.353. The second-order valence-electron chi connectivity index (χ2n) is 6.70. The van der Waals surface area contributed by atoms with Crippen LogP contribution in [-0.4, -0.2) is 44.0 Å². The van der Waals surface area contributed by atoms with Gasteiger partial charge >= 0.3 is 0 Å². The van der Waals surface area contributed by atoms with Crippen molar-refractivity contribution in [2.24, 2.45) is 0 Å². The molecule has 0 saturated carbocycles. The summed E-state index contributed by atoms with van der Waals surface area (Å²) in [4.78, 5) is 16.7. The van der Waals surface area contributed by atoms with Gasteiger partial charge < -0.3 is 10.1 Å². The topological polar surface area (TPSA) is 94.8 Å². The summed E-state index contributed by atoms with van der Waals surface area (Å²) in [5.41, 5.74) is 1.70. The molecule has 1 aromatic carbocycles. The number of hydrogen-bond donors (Lipinski definition) is 1. The predicted molar refractivity (Wildman–Crippen MR) is 106 cm³/mol. The minimum Gasteiger partial charge on any atom is -0.497 e. The van der Waals surface area contributed by atoms with E-state index in [1.54, 1.807) is 11.8 Å². The number of rotatable bonds is 6. The lowest BCUT2D eigenvalue weighted by Gasteiger charge is -2.14. The quantitative estimate of drug-likeness (QED) is 0.631. The van der Waals surface area contributed by atoms with Gasteiger partial charge in [0.15, 0.2) is 5.13 Å². The van der Waals surface area contributed by atoms with Crippen LogP contribution in [0.3, 0.4) is 0 Å². The Morgan fingerprint density at radius 1 is 1.30 bits per heavy atom. The molecule has 0 aliphatic rings. The first-order chi connectivity index (χ1) is 12.9. The lowest BCUT2D eigenvalue weighted by molar-refractivity contribution is -0.113. The third kappa shape index (κ3) is 4.83. The van der Waals surface area contributed by atoms with Crippen molar-refractivity contribution in [2.45, 2.75) is 31.3 Å². The smallest absolute Gasteiger partial charge is 0.236 e. The zero-order chi connectivity index (χ0) is 19.4. The minimum atomic E-state index is -0.154. The van der Waals surface area contributed by atoms with Crippen molar-refractivity contribution in [1.82, 2.24) is 25.2 Å². The molecule has 0 atom stereocenters. The monoisotopic (exact) mass is 404 g/mol. The Balaban J connectivity index is 1.61. The molecule has 3 aromatic rings. The van der Waals surface area contributed by atoms with Crippen LogP contribution in [0.4, 0.5) is 5.13 Å². The first-order valence-electron chi connectivity index (χ1n) is 8.18. The molecule has 0 saturated heterocycles. The van der Waals surface area contributed by atoms with Crippen molar-refractivity contribution in [1.29, 1.82) is 0 Å². The van der Waals surface area contributed by atoms with E-state index in [1.807, 2.05) is 29.6 Å². The van der Waals surface area contributed by atoms with Crippen molar-refractivity contribution in [3.63, 3.8) is 0 Å². The number of benzene rings is 1. The fourth-order valence-corrected chi connectivity index (χ4v) is 3.76. The summed E-state index contributed by atoms with van der Waals surface area (Å²) in [6.45, 7) is 6.26. The van der Waals surface area contributed by atoms with Gasteiger partial charge in [0.2, 0.25) is 11.1 Å². The number of ether oxygens (including phenoxy) is 1. The summed E-state index contributed by atoms with van der Waals surface area (Å²) in [5.74, 6) is 0.776. The predicted octanol–water partition coefficient (Wildman–Crippen LogP) is 3.16. The Morgan fingerprint density at radius 2 is 2.04 bits per heavy atom. The van der Waals surface area contributed by atoms with E-state index >= 15 is 0 Å². The molecule has 0 spiro atoms. The highest BCUT2D eigenvalue weighted by Gasteiger charge is 2.18. The summed E-state index contributed by atoms with van der Waals surface area (Å²) in [6.07, 6.45) is 0. The Bertz CT molecular complexity index is 914. The van der Waals surface area contributed by atoms with Crippen molar-refractivity contribution in [2.75, 3.05) is 18.2 Å². The number of methoxy groups -OCH3 is 1.